The fraction of sp³-hybridized carbons (Fsp3) is 0.500. The molecule has 1 N–H and O–H groups in total. The molecule has 1 saturated carbocycles. The predicted octanol–water partition coefficient (Wildman–Crippen LogP) is 3.59. The van der Waals surface area contributed by atoms with Crippen molar-refractivity contribution >= 4 is 21.6 Å². The third kappa shape index (κ3) is 1.28. The number of para-hydroxylation sites is 1. The van der Waals surface area contributed by atoms with E-state index in [2.05, 4.69) is 39.4 Å². The summed E-state index contributed by atoms with van der Waals surface area (Å²) in [5.41, 5.74) is 2.82. The van der Waals surface area contributed by atoms with Crippen molar-refractivity contribution in [1.82, 2.24) is 0 Å². The van der Waals surface area contributed by atoms with Gasteiger partial charge in [-0.2, -0.15) is 0 Å². The maximum Gasteiger partial charge on any atom is 0.0520 e. The van der Waals surface area contributed by atoms with Gasteiger partial charge in [0, 0.05) is 10.5 Å². The molecule has 0 amide bonds. The number of halogens is 1. The molecule has 2 aliphatic rings. The quantitative estimate of drug-likeness (QED) is 0.805. The van der Waals surface area contributed by atoms with Crippen LogP contribution in [-0.4, -0.2) is 6.04 Å². The van der Waals surface area contributed by atoms with Crippen LogP contribution in [0.1, 0.15) is 24.8 Å². The Labute approximate surface area is 93.0 Å². The molecule has 1 nitrogen and oxygen atoms in total. The van der Waals surface area contributed by atoms with Crippen LogP contribution in [0.2, 0.25) is 0 Å². The minimum Gasteiger partial charge on any atom is -0.381 e. The zero-order valence-corrected chi connectivity index (χ0v) is 9.68. The monoisotopic (exact) mass is 251 g/mol. The van der Waals surface area contributed by atoms with Gasteiger partial charge in [-0.1, -0.05) is 18.6 Å². The number of hydrogen-bond donors (Lipinski definition) is 1. The van der Waals surface area contributed by atoms with Gasteiger partial charge in [0.1, 0.15) is 0 Å². The first-order valence-electron chi connectivity index (χ1n) is 5.38. The van der Waals surface area contributed by atoms with Gasteiger partial charge in [0.25, 0.3) is 0 Å². The summed E-state index contributed by atoms with van der Waals surface area (Å²) in [4.78, 5) is 0. The molecule has 14 heavy (non-hydrogen) atoms. The van der Waals surface area contributed by atoms with Gasteiger partial charge in [-0.25, -0.2) is 0 Å². The van der Waals surface area contributed by atoms with Gasteiger partial charge >= 0.3 is 0 Å². The van der Waals surface area contributed by atoms with Crippen LogP contribution in [0.25, 0.3) is 0 Å². The van der Waals surface area contributed by atoms with E-state index in [1.165, 1.54) is 41.4 Å². The Hall–Kier alpha value is -0.500. The first kappa shape index (κ1) is 8.78. The summed E-state index contributed by atoms with van der Waals surface area (Å²) in [5.74, 6) is 0.925. The molecule has 1 unspecified atom stereocenters. The van der Waals surface area contributed by atoms with Crippen molar-refractivity contribution in [1.29, 1.82) is 0 Å². The van der Waals surface area contributed by atoms with E-state index in [9.17, 15) is 0 Å². The van der Waals surface area contributed by atoms with Crippen LogP contribution in [0.5, 0.6) is 0 Å². The first-order chi connectivity index (χ1) is 6.84. The summed E-state index contributed by atoms with van der Waals surface area (Å²) in [6.07, 6.45) is 5.49. The van der Waals surface area contributed by atoms with E-state index in [1.807, 2.05) is 0 Å². The molecule has 0 spiro atoms. The minimum atomic E-state index is 0.706. The summed E-state index contributed by atoms with van der Waals surface area (Å²) in [5, 5.41) is 3.66. The Morgan fingerprint density at radius 3 is 2.79 bits per heavy atom. The molecule has 2 heteroatoms. The lowest BCUT2D eigenvalue weighted by Gasteiger charge is -2.31. The molecule has 3 rings (SSSR count). The Bertz CT molecular complexity index is 357. The molecule has 1 aliphatic carbocycles. The first-order valence-corrected chi connectivity index (χ1v) is 6.18. The highest BCUT2D eigenvalue weighted by atomic mass is 79.9. The Morgan fingerprint density at radius 1 is 1.29 bits per heavy atom. The molecule has 0 saturated heterocycles. The topological polar surface area (TPSA) is 12.0 Å². The van der Waals surface area contributed by atoms with E-state index in [0.717, 1.165) is 5.92 Å². The van der Waals surface area contributed by atoms with Gasteiger partial charge in [-0.15, -0.1) is 0 Å². The predicted molar refractivity (Wildman–Crippen MR) is 62.6 cm³/mol. The van der Waals surface area contributed by atoms with E-state index >= 15 is 0 Å². The standard InChI is InChI=1S/C12H14BrN/c13-10-6-2-5-9-7-11(14-12(9)10)8-3-1-4-8/h2,5-6,8,11,14H,1,3-4,7H2. The van der Waals surface area contributed by atoms with Crippen LogP contribution in [0, 0.1) is 5.92 Å². The normalized spacial score (nSPS) is 25.4. The summed E-state index contributed by atoms with van der Waals surface area (Å²) in [6.45, 7) is 0. The van der Waals surface area contributed by atoms with Gasteiger partial charge < -0.3 is 5.32 Å². The van der Waals surface area contributed by atoms with Gasteiger partial charge in [-0.3, -0.25) is 0 Å². The Morgan fingerprint density at radius 2 is 2.14 bits per heavy atom. The van der Waals surface area contributed by atoms with Crippen molar-refractivity contribution in [3.05, 3.63) is 28.2 Å². The lowest BCUT2D eigenvalue weighted by molar-refractivity contribution is 0.278. The molecule has 1 aliphatic heterocycles. The minimum absolute atomic E-state index is 0.706. The van der Waals surface area contributed by atoms with Crippen molar-refractivity contribution < 1.29 is 0 Å². The maximum absolute atomic E-state index is 3.66. The Kier molecular flexibility index (Phi) is 2.05. The van der Waals surface area contributed by atoms with Crippen LogP contribution in [-0.2, 0) is 6.42 Å². The molecular formula is C12H14BrN. The third-order valence-corrected chi connectivity index (χ3v) is 4.25. The highest BCUT2D eigenvalue weighted by molar-refractivity contribution is 9.10. The van der Waals surface area contributed by atoms with Gasteiger partial charge in [0.15, 0.2) is 0 Å². The van der Waals surface area contributed by atoms with E-state index in [0.29, 0.717) is 6.04 Å². The number of rotatable bonds is 1. The van der Waals surface area contributed by atoms with E-state index in [-0.39, 0.29) is 0 Å². The van der Waals surface area contributed by atoms with Crippen molar-refractivity contribution in [2.24, 2.45) is 5.92 Å². The second kappa shape index (κ2) is 3.27. The number of benzene rings is 1. The second-order valence-corrected chi connectivity index (χ2v) is 5.27. The van der Waals surface area contributed by atoms with E-state index in [1.54, 1.807) is 0 Å². The summed E-state index contributed by atoms with van der Waals surface area (Å²) in [7, 11) is 0. The lowest BCUT2D eigenvalue weighted by Crippen LogP contribution is -2.31. The van der Waals surface area contributed by atoms with Crippen LogP contribution < -0.4 is 5.32 Å². The number of hydrogen-bond acceptors (Lipinski definition) is 1. The smallest absolute Gasteiger partial charge is 0.0520 e. The SMILES string of the molecule is Brc1cccc2c1NC(C1CCC1)C2. The molecule has 1 atom stereocenters. The molecule has 0 aromatic heterocycles. The average molecular weight is 252 g/mol. The van der Waals surface area contributed by atoms with Crippen molar-refractivity contribution in [2.75, 3.05) is 5.32 Å². The van der Waals surface area contributed by atoms with Crippen molar-refractivity contribution in [3.63, 3.8) is 0 Å². The van der Waals surface area contributed by atoms with Gasteiger partial charge in [-0.05, 0) is 52.7 Å². The molecular weight excluding hydrogens is 238 g/mol. The van der Waals surface area contributed by atoms with Gasteiger partial charge in [0.2, 0.25) is 0 Å². The van der Waals surface area contributed by atoms with E-state index in [4.69, 9.17) is 0 Å². The summed E-state index contributed by atoms with van der Waals surface area (Å²) >= 11 is 3.60. The molecule has 1 aromatic rings. The molecule has 1 aromatic carbocycles. The lowest BCUT2D eigenvalue weighted by atomic mass is 9.79. The van der Waals surface area contributed by atoms with Crippen molar-refractivity contribution in [2.45, 2.75) is 31.7 Å². The molecule has 0 radical (unpaired) electrons. The van der Waals surface area contributed by atoms with Gasteiger partial charge in [0.05, 0.1) is 5.69 Å². The Balaban J connectivity index is 1.86. The van der Waals surface area contributed by atoms with Crippen molar-refractivity contribution in [3.8, 4) is 0 Å². The van der Waals surface area contributed by atoms with Crippen LogP contribution >= 0.6 is 15.9 Å². The molecule has 1 heterocycles. The largest absolute Gasteiger partial charge is 0.381 e. The molecule has 1 fully saturated rings. The van der Waals surface area contributed by atoms with E-state index < -0.39 is 0 Å². The average Bonchev–Trinajstić information content (AvgIpc) is 2.46. The van der Waals surface area contributed by atoms with Crippen LogP contribution in [0.3, 0.4) is 0 Å². The number of fused-ring (bicyclic) bond motifs is 1. The fourth-order valence-corrected chi connectivity index (χ4v) is 3.02. The zero-order valence-electron chi connectivity index (χ0n) is 8.09. The number of anilines is 1. The third-order valence-electron chi connectivity index (χ3n) is 3.59. The fourth-order valence-electron chi connectivity index (χ4n) is 2.50. The maximum atomic E-state index is 3.66. The summed E-state index contributed by atoms with van der Waals surface area (Å²) in [6, 6.07) is 7.20. The highest BCUT2D eigenvalue weighted by Crippen LogP contribution is 2.40. The van der Waals surface area contributed by atoms with Crippen LogP contribution in [0.15, 0.2) is 22.7 Å². The molecule has 0 bridgehead atoms. The van der Waals surface area contributed by atoms with Crippen LogP contribution in [0.4, 0.5) is 5.69 Å². The zero-order chi connectivity index (χ0) is 9.54. The number of nitrogens with one attached hydrogen (secondary N) is 1. The second-order valence-electron chi connectivity index (χ2n) is 4.42. The highest BCUT2D eigenvalue weighted by Gasteiger charge is 2.32. The molecule has 74 valence electrons. The summed E-state index contributed by atoms with van der Waals surface area (Å²) < 4.78 is 1.22.